The van der Waals surface area contributed by atoms with Crippen molar-refractivity contribution in [1.29, 1.82) is 0 Å². The first kappa shape index (κ1) is 17.6. The number of amides is 1. The molecular weight excluding hydrogens is 344 g/mol. The summed E-state index contributed by atoms with van der Waals surface area (Å²) in [5.41, 5.74) is 1.64. The van der Waals surface area contributed by atoms with E-state index in [-0.39, 0.29) is 23.7 Å². The highest BCUT2D eigenvalue weighted by atomic mass is 16.7. The van der Waals surface area contributed by atoms with Gasteiger partial charge in [0.25, 0.3) is 5.91 Å². The fraction of sp³-hybridized carbons (Fsp3) is 0.429. The van der Waals surface area contributed by atoms with Crippen molar-refractivity contribution in [3.05, 3.63) is 58.0 Å². The Morgan fingerprint density at radius 1 is 1.19 bits per heavy atom. The number of fused-ring (bicyclic) bond motifs is 1. The molecule has 1 atom stereocenters. The van der Waals surface area contributed by atoms with Crippen LogP contribution in [-0.2, 0) is 13.5 Å². The standard InChI is InChI=1S/C21H24N2O4/c1-21(11-15-4-6-17-18(10-15)27-14-26-17)8-3-9-23(13-21)20(25)16-5-7-19(24)22(2)12-16/h4-7,10,12H,3,8-9,11,13-14H2,1-2H3. The number of ether oxygens (including phenoxy) is 2. The third-order valence-electron chi connectivity index (χ3n) is 5.47. The van der Waals surface area contributed by atoms with E-state index in [0.717, 1.165) is 37.3 Å². The Morgan fingerprint density at radius 2 is 2.00 bits per heavy atom. The molecule has 27 heavy (non-hydrogen) atoms. The molecule has 6 nitrogen and oxygen atoms in total. The van der Waals surface area contributed by atoms with Crippen molar-refractivity contribution >= 4 is 5.91 Å². The van der Waals surface area contributed by atoms with E-state index in [1.54, 1.807) is 19.3 Å². The summed E-state index contributed by atoms with van der Waals surface area (Å²) >= 11 is 0. The number of carbonyl (C=O) groups is 1. The number of piperidine rings is 1. The van der Waals surface area contributed by atoms with E-state index in [2.05, 4.69) is 13.0 Å². The van der Waals surface area contributed by atoms with Crippen LogP contribution >= 0.6 is 0 Å². The summed E-state index contributed by atoms with van der Waals surface area (Å²) in [6.07, 6.45) is 4.53. The van der Waals surface area contributed by atoms with Crippen LogP contribution in [0.2, 0.25) is 0 Å². The minimum absolute atomic E-state index is 0.00225. The van der Waals surface area contributed by atoms with Gasteiger partial charge in [-0.15, -0.1) is 0 Å². The monoisotopic (exact) mass is 368 g/mol. The van der Waals surface area contributed by atoms with Crippen LogP contribution in [0.3, 0.4) is 0 Å². The molecule has 0 radical (unpaired) electrons. The normalized spacial score (nSPS) is 21.3. The summed E-state index contributed by atoms with van der Waals surface area (Å²) in [6, 6.07) is 9.14. The van der Waals surface area contributed by atoms with Gasteiger partial charge in [0.2, 0.25) is 12.4 Å². The second kappa shape index (κ2) is 6.76. The number of carbonyl (C=O) groups excluding carboxylic acids is 1. The number of nitrogens with zero attached hydrogens (tertiary/aromatic N) is 2. The van der Waals surface area contributed by atoms with Gasteiger partial charge in [-0.05, 0) is 48.4 Å². The average molecular weight is 368 g/mol. The molecule has 2 aliphatic rings. The largest absolute Gasteiger partial charge is 0.454 e. The minimum Gasteiger partial charge on any atom is -0.454 e. The van der Waals surface area contributed by atoms with Crippen LogP contribution in [0, 0.1) is 5.41 Å². The van der Waals surface area contributed by atoms with Crippen molar-refractivity contribution in [2.45, 2.75) is 26.2 Å². The molecule has 1 saturated heterocycles. The molecule has 0 aliphatic carbocycles. The highest BCUT2D eigenvalue weighted by Gasteiger charge is 2.34. The first-order chi connectivity index (χ1) is 12.9. The van der Waals surface area contributed by atoms with Crippen molar-refractivity contribution < 1.29 is 14.3 Å². The molecule has 0 spiro atoms. The van der Waals surface area contributed by atoms with E-state index < -0.39 is 0 Å². The molecule has 1 amide bonds. The third kappa shape index (κ3) is 3.56. The minimum atomic E-state index is -0.113. The van der Waals surface area contributed by atoms with Gasteiger partial charge in [0.05, 0.1) is 5.56 Å². The third-order valence-corrected chi connectivity index (χ3v) is 5.47. The summed E-state index contributed by atoms with van der Waals surface area (Å²) in [5, 5.41) is 0. The number of benzene rings is 1. The Bertz CT molecular complexity index is 936. The molecule has 1 aromatic heterocycles. The van der Waals surface area contributed by atoms with E-state index in [9.17, 15) is 9.59 Å². The molecule has 0 N–H and O–H groups in total. The topological polar surface area (TPSA) is 60.8 Å². The van der Waals surface area contributed by atoms with Gasteiger partial charge < -0.3 is 18.9 Å². The summed E-state index contributed by atoms with van der Waals surface area (Å²) in [4.78, 5) is 26.4. The molecule has 1 aromatic carbocycles. The lowest BCUT2D eigenvalue weighted by molar-refractivity contribution is 0.0550. The van der Waals surface area contributed by atoms with Gasteiger partial charge >= 0.3 is 0 Å². The molecular formula is C21H24N2O4. The number of aryl methyl sites for hydroxylation is 1. The Morgan fingerprint density at radius 3 is 2.81 bits per heavy atom. The number of hydrogen-bond acceptors (Lipinski definition) is 4. The van der Waals surface area contributed by atoms with Crippen molar-refractivity contribution in [3.63, 3.8) is 0 Å². The Kier molecular flexibility index (Phi) is 4.42. The van der Waals surface area contributed by atoms with E-state index in [1.165, 1.54) is 16.2 Å². The molecule has 0 bridgehead atoms. The highest BCUT2D eigenvalue weighted by molar-refractivity contribution is 5.94. The maximum Gasteiger partial charge on any atom is 0.255 e. The molecule has 142 valence electrons. The first-order valence-electron chi connectivity index (χ1n) is 9.28. The van der Waals surface area contributed by atoms with Crippen LogP contribution in [0.4, 0.5) is 0 Å². The fourth-order valence-electron chi connectivity index (χ4n) is 4.08. The lowest BCUT2D eigenvalue weighted by atomic mass is 9.76. The van der Waals surface area contributed by atoms with E-state index in [0.29, 0.717) is 12.1 Å². The van der Waals surface area contributed by atoms with Crippen LogP contribution in [0.1, 0.15) is 35.7 Å². The van der Waals surface area contributed by atoms with Crippen molar-refractivity contribution in [1.82, 2.24) is 9.47 Å². The lowest BCUT2D eigenvalue weighted by Crippen LogP contribution is -2.46. The highest BCUT2D eigenvalue weighted by Crippen LogP contribution is 2.37. The summed E-state index contributed by atoms with van der Waals surface area (Å²) in [5.74, 6) is 1.58. The van der Waals surface area contributed by atoms with Gasteiger partial charge in [-0.2, -0.15) is 0 Å². The predicted octanol–water partition coefficient (Wildman–Crippen LogP) is 2.60. The number of likely N-dealkylation sites (tertiary alicyclic amines) is 1. The van der Waals surface area contributed by atoms with Crippen molar-refractivity contribution in [3.8, 4) is 11.5 Å². The maximum absolute atomic E-state index is 12.9. The molecule has 0 saturated carbocycles. The SMILES string of the molecule is Cn1cc(C(=O)N2CCCC(C)(Cc3ccc4c(c3)OCO4)C2)ccc1=O. The second-order valence-electron chi connectivity index (χ2n) is 7.87. The fourth-order valence-corrected chi connectivity index (χ4v) is 4.08. The number of aromatic nitrogens is 1. The van der Waals surface area contributed by atoms with Crippen molar-refractivity contribution in [2.24, 2.45) is 12.5 Å². The number of rotatable bonds is 3. The van der Waals surface area contributed by atoms with Crippen LogP contribution in [0.5, 0.6) is 11.5 Å². The van der Waals surface area contributed by atoms with Crippen LogP contribution in [0.15, 0.2) is 41.3 Å². The molecule has 2 aromatic rings. The molecule has 6 heteroatoms. The zero-order valence-corrected chi connectivity index (χ0v) is 15.7. The smallest absolute Gasteiger partial charge is 0.255 e. The van der Waals surface area contributed by atoms with Crippen molar-refractivity contribution in [2.75, 3.05) is 19.9 Å². The van der Waals surface area contributed by atoms with Crippen LogP contribution < -0.4 is 15.0 Å². The Labute approximate surface area is 158 Å². The van der Waals surface area contributed by atoms with Gasteiger partial charge in [-0.1, -0.05) is 13.0 Å². The number of hydrogen-bond donors (Lipinski definition) is 0. The summed E-state index contributed by atoms with van der Waals surface area (Å²) < 4.78 is 12.3. The zero-order chi connectivity index (χ0) is 19.0. The summed E-state index contributed by atoms with van der Waals surface area (Å²) in [7, 11) is 1.67. The van der Waals surface area contributed by atoms with E-state index >= 15 is 0 Å². The second-order valence-corrected chi connectivity index (χ2v) is 7.87. The average Bonchev–Trinajstić information content (AvgIpc) is 3.11. The van der Waals surface area contributed by atoms with Crippen LogP contribution in [0.25, 0.3) is 0 Å². The van der Waals surface area contributed by atoms with E-state index in [1.807, 2.05) is 17.0 Å². The lowest BCUT2D eigenvalue weighted by Gasteiger charge is -2.40. The summed E-state index contributed by atoms with van der Waals surface area (Å²) in [6.45, 7) is 3.96. The quantitative estimate of drug-likeness (QED) is 0.836. The molecule has 3 heterocycles. The van der Waals surface area contributed by atoms with Gasteiger partial charge in [0.15, 0.2) is 11.5 Å². The molecule has 1 unspecified atom stereocenters. The van der Waals surface area contributed by atoms with Gasteiger partial charge in [-0.25, -0.2) is 0 Å². The first-order valence-corrected chi connectivity index (χ1v) is 9.28. The van der Waals surface area contributed by atoms with E-state index in [4.69, 9.17) is 9.47 Å². The number of pyridine rings is 1. The van der Waals surface area contributed by atoms with Gasteiger partial charge in [-0.3, -0.25) is 9.59 Å². The zero-order valence-electron chi connectivity index (χ0n) is 15.7. The predicted molar refractivity (Wildman–Crippen MR) is 101 cm³/mol. The van der Waals surface area contributed by atoms with Gasteiger partial charge in [0.1, 0.15) is 0 Å². The maximum atomic E-state index is 12.9. The van der Waals surface area contributed by atoms with Gasteiger partial charge in [0, 0.05) is 32.4 Å². The molecule has 4 rings (SSSR count). The Hall–Kier alpha value is -2.76. The molecule has 1 fully saturated rings. The molecule has 2 aliphatic heterocycles. The van der Waals surface area contributed by atoms with Crippen LogP contribution in [-0.4, -0.2) is 35.3 Å². The Balaban J connectivity index is 1.50.